The number of methoxy groups -OCH3 is 1. The van der Waals surface area contributed by atoms with E-state index in [0.717, 1.165) is 43.4 Å². The van der Waals surface area contributed by atoms with Crippen LogP contribution in [-0.2, 0) is 16.1 Å². The highest BCUT2D eigenvalue weighted by Gasteiger charge is 2.55. The maximum Gasteiger partial charge on any atom is 0.343 e. The summed E-state index contributed by atoms with van der Waals surface area (Å²) in [5.41, 5.74) is -0.309. The normalized spacial score (nSPS) is 33.5. The summed E-state index contributed by atoms with van der Waals surface area (Å²) in [6.07, 6.45) is 8.03. The van der Waals surface area contributed by atoms with Crippen LogP contribution in [0.1, 0.15) is 51.9 Å². The molecule has 0 spiro atoms. The molecule has 7 heteroatoms. The molecule has 1 N–H and O–H groups in total. The van der Waals surface area contributed by atoms with Crippen LogP contribution in [0.3, 0.4) is 0 Å². The van der Waals surface area contributed by atoms with Crippen molar-refractivity contribution < 1.29 is 9.53 Å². The summed E-state index contributed by atoms with van der Waals surface area (Å²) in [6, 6.07) is 0. The summed E-state index contributed by atoms with van der Waals surface area (Å²) in [4.78, 5) is 25.4. The predicted octanol–water partition coefficient (Wildman–Crippen LogP) is 2.87. The molecule has 144 valence electrons. The molecule has 0 amide bonds. The first-order valence-electron chi connectivity index (χ1n) is 9.86. The lowest BCUT2D eigenvalue weighted by Crippen LogP contribution is -2.51. The largest absolute Gasteiger partial charge is 0.385 e. The van der Waals surface area contributed by atoms with E-state index in [-0.39, 0.29) is 16.4 Å². The topological polar surface area (TPSA) is 77.0 Å². The highest BCUT2D eigenvalue weighted by molar-refractivity contribution is 8.00. The number of ketones is 1. The van der Waals surface area contributed by atoms with E-state index < -0.39 is 0 Å². The molecule has 4 aliphatic rings. The van der Waals surface area contributed by atoms with E-state index in [9.17, 15) is 9.59 Å². The zero-order valence-corrected chi connectivity index (χ0v) is 16.5. The zero-order valence-electron chi connectivity index (χ0n) is 15.7. The number of nitrogens with one attached hydrogen (secondary N) is 1. The van der Waals surface area contributed by atoms with Crippen LogP contribution >= 0.6 is 11.8 Å². The first-order chi connectivity index (χ1) is 12.5. The summed E-state index contributed by atoms with van der Waals surface area (Å²) in [6.45, 7) is 3.15. The number of rotatable bonds is 8. The molecule has 1 unspecified atom stereocenters. The van der Waals surface area contributed by atoms with Crippen molar-refractivity contribution in [3.05, 3.63) is 10.5 Å². The second-order valence-corrected chi connectivity index (χ2v) is 9.94. The number of hydrogen-bond acceptors (Lipinski definition) is 5. The van der Waals surface area contributed by atoms with Gasteiger partial charge in [0.05, 0.1) is 5.25 Å². The third kappa shape index (κ3) is 3.28. The van der Waals surface area contributed by atoms with E-state index in [1.54, 1.807) is 11.7 Å². The lowest BCUT2D eigenvalue weighted by atomic mass is 9.48. The molecule has 4 aliphatic carbocycles. The fraction of sp³-hybridized carbons (Fsp3) is 0.842. The highest BCUT2D eigenvalue weighted by atomic mass is 32.2. The van der Waals surface area contributed by atoms with E-state index in [1.165, 1.54) is 31.0 Å². The molecule has 26 heavy (non-hydrogen) atoms. The van der Waals surface area contributed by atoms with Gasteiger partial charge in [-0.2, -0.15) is 0 Å². The van der Waals surface area contributed by atoms with Crippen molar-refractivity contribution in [1.29, 1.82) is 0 Å². The first kappa shape index (κ1) is 18.3. The molecule has 1 atom stereocenters. The summed E-state index contributed by atoms with van der Waals surface area (Å²) >= 11 is 1.44. The Hall–Kier alpha value is -1.08. The number of Topliss-reactive ketones (excluding diaryl/α,β-unsaturated/α-hetero) is 1. The Morgan fingerprint density at radius 3 is 2.50 bits per heavy atom. The smallest absolute Gasteiger partial charge is 0.343 e. The predicted molar refractivity (Wildman–Crippen MR) is 100 cm³/mol. The van der Waals surface area contributed by atoms with Crippen molar-refractivity contribution in [1.82, 2.24) is 14.8 Å². The van der Waals surface area contributed by atoms with Gasteiger partial charge in [-0.15, -0.1) is 5.10 Å². The van der Waals surface area contributed by atoms with Crippen LogP contribution in [0.15, 0.2) is 9.95 Å². The van der Waals surface area contributed by atoms with Crippen molar-refractivity contribution in [3.8, 4) is 0 Å². The molecule has 0 aliphatic heterocycles. The maximum absolute atomic E-state index is 13.4. The minimum atomic E-state index is -0.210. The zero-order chi connectivity index (χ0) is 18.3. The van der Waals surface area contributed by atoms with Gasteiger partial charge in [0, 0.05) is 25.7 Å². The average molecular weight is 380 g/mol. The van der Waals surface area contributed by atoms with Crippen LogP contribution in [0.2, 0.25) is 0 Å². The van der Waals surface area contributed by atoms with Gasteiger partial charge in [-0.1, -0.05) is 11.8 Å². The minimum Gasteiger partial charge on any atom is -0.385 e. The summed E-state index contributed by atoms with van der Waals surface area (Å²) in [5.74, 6) is 2.68. The molecule has 1 heterocycles. The van der Waals surface area contributed by atoms with Gasteiger partial charge >= 0.3 is 5.69 Å². The number of thioether (sulfide) groups is 1. The summed E-state index contributed by atoms with van der Waals surface area (Å²) in [5, 5.41) is 7.14. The number of ether oxygens (including phenoxy) is 1. The number of aromatic nitrogens is 3. The Balaban J connectivity index is 1.46. The Labute approximate surface area is 158 Å². The molecule has 1 aromatic heterocycles. The van der Waals surface area contributed by atoms with E-state index in [4.69, 9.17) is 4.74 Å². The molecule has 4 bridgehead atoms. The number of H-pyrrole nitrogens is 1. The van der Waals surface area contributed by atoms with Crippen LogP contribution in [0, 0.1) is 23.2 Å². The number of hydrogen-bond donors (Lipinski definition) is 1. The quantitative estimate of drug-likeness (QED) is 0.555. The van der Waals surface area contributed by atoms with Gasteiger partial charge in [-0.05, 0) is 69.6 Å². The van der Waals surface area contributed by atoms with Crippen molar-refractivity contribution in [2.45, 2.75) is 68.8 Å². The molecule has 4 fully saturated rings. The van der Waals surface area contributed by atoms with Gasteiger partial charge in [0.1, 0.15) is 0 Å². The van der Waals surface area contributed by atoms with Gasteiger partial charge in [0.15, 0.2) is 10.9 Å². The third-order valence-electron chi connectivity index (χ3n) is 6.67. The van der Waals surface area contributed by atoms with Gasteiger partial charge in [0.2, 0.25) is 0 Å². The maximum atomic E-state index is 13.4. The van der Waals surface area contributed by atoms with Crippen LogP contribution < -0.4 is 5.69 Å². The monoisotopic (exact) mass is 379 g/mol. The highest BCUT2D eigenvalue weighted by Crippen LogP contribution is 2.61. The molecule has 0 saturated heterocycles. The Kier molecular flexibility index (Phi) is 5.03. The van der Waals surface area contributed by atoms with Crippen molar-refractivity contribution in [3.63, 3.8) is 0 Å². The van der Waals surface area contributed by atoms with Crippen molar-refractivity contribution in [2.75, 3.05) is 13.7 Å². The van der Waals surface area contributed by atoms with Gasteiger partial charge in [-0.25, -0.2) is 9.89 Å². The first-order valence-corrected chi connectivity index (χ1v) is 10.7. The Bertz CT molecular complexity index is 691. The van der Waals surface area contributed by atoms with Gasteiger partial charge < -0.3 is 4.74 Å². The molecule has 1 aromatic rings. The fourth-order valence-electron chi connectivity index (χ4n) is 6.01. The van der Waals surface area contributed by atoms with Crippen molar-refractivity contribution in [2.24, 2.45) is 23.2 Å². The van der Waals surface area contributed by atoms with E-state index in [0.29, 0.717) is 24.1 Å². The van der Waals surface area contributed by atoms with Gasteiger partial charge in [-0.3, -0.25) is 9.36 Å². The van der Waals surface area contributed by atoms with Crippen LogP contribution in [0.4, 0.5) is 0 Å². The molecule has 4 saturated carbocycles. The van der Waals surface area contributed by atoms with E-state index in [1.807, 2.05) is 6.92 Å². The second kappa shape index (κ2) is 7.15. The molecule has 0 radical (unpaired) electrons. The standard InChI is InChI=1S/C19H29N3O3S/c1-12(26-18-21-20-17(24)22(18)4-3-5-25-2)16(23)19-9-13-6-14(10-19)8-15(7-13)11-19/h12-15H,3-11H2,1-2H3,(H,20,24). The van der Waals surface area contributed by atoms with Crippen LogP contribution in [-0.4, -0.2) is 39.5 Å². The van der Waals surface area contributed by atoms with Gasteiger partial charge in [0.25, 0.3) is 0 Å². The number of carbonyl (C=O) groups is 1. The minimum absolute atomic E-state index is 0.0986. The molecular weight excluding hydrogens is 350 g/mol. The van der Waals surface area contributed by atoms with E-state index >= 15 is 0 Å². The number of carbonyl (C=O) groups excluding carboxylic acids is 1. The number of nitrogens with zero attached hydrogens (tertiary/aromatic N) is 2. The fourth-order valence-corrected chi connectivity index (χ4v) is 7.09. The third-order valence-corrected chi connectivity index (χ3v) is 7.76. The van der Waals surface area contributed by atoms with E-state index in [2.05, 4.69) is 10.2 Å². The summed E-state index contributed by atoms with van der Waals surface area (Å²) < 4.78 is 6.70. The second-order valence-electron chi connectivity index (χ2n) is 8.63. The SMILES string of the molecule is COCCCn1c(SC(C)C(=O)C23CC4CC(CC(C4)C2)C3)n[nH]c1=O. The average Bonchev–Trinajstić information content (AvgIpc) is 2.93. The molecule has 5 rings (SSSR count). The Morgan fingerprint density at radius 1 is 1.31 bits per heavy atom. The van der Waals surface area contributed by atoms with Crippen molar-refractivity contribution >= 4 is 17.5 Å². The lowest BCUT2D eigenvalue weighted by molar-refractivity contribution is -0.142. The molecule has 0 aromatic carbocycles. The lowest BCUT2D eigenvalue weighted by Gasteiger charge is -2.56. The van der Waals surface area contributed by atoms with Crippen LogP contribution in [0.25, 0.3) is 0 Å². The van der Waals surface area contributed by atoms with Crippen LogP contribution in [0.5, 0.6) is 0 Å². The molecular formula is C19H29N3O3S. The Morgan fingerprint density at radius 2 is 1.92 bits per heavy atom. The summed E-state index contributed by atoms with van der Waals surface area (Å²) in [7, 11) is 1.65. The number of aromatic amines is 1. The molecule has 6 nitrogen and oxygen atoms in total.